The minimum absolute atomic E-state index is 0.127. The van der Waals surface area contributed by atoms with Crippen molar-refractivity contribution in [2.75, 3.05) is 18.4 Å². The van der Waals surface area contributed by atoms with Crippen LogP contribution in [-0.2, 0) is 9.59 Å². The molecule has 7 heteroatoms. The van der Waals surface area contributed by atoms with Crippen LogP contribution in [-0.4, -0.2) is 41.0 Å². The fraction of sp³-hybridized carbons (Fsp3) is 0.529. The molecule has 1 aliphatic rings. The van der Waals surface area contributed by atoms with Gasteiger partial charge in [0.25, 0.3) is 0 Å². The van der Waals surface area contributed by atoms with Crippen LogP contribution in [0.1, 0.15) is 32.6 Å². The third-order valence-electron chi connectivity index (χ3n) is 4.43. The number of nitrogens with one attached hydrogen (secondary N) is 1. The van der Waals surface area contributed by atoms with Crippen molar-refractivity contribution in [2.24, 2.45) is 5.92 Å². The number of carboxylic acid groups (broad SMARTS) is 1. The summed E-state index contributed by atoms with van der Waals surface area (Å²) in [6.07, 6.45) is 2.83. The Morgan fingerprint density at radius 3 is 2.83 bits per heavy atom. The van der Waals surface area contributed by atoms with Gasteiger partial charge in [0.2, 0.25) is 5.91 Å². The summed E-state index contributed by atoms with van der Waals surface area (Å²) in [6.45, 7) is 3.45. The molecule has 2 atom stereocenters. The number of aliphatic carboxylic acids is 1. The van der Waals surface area contributed by atoms with Crippen LogP contribution in [0.5, 0.6) is 0 Å². The van der Waals surface area contributed by atoms with Crippen molar-refractivity contribution in [3.05, 3.63) is 28.2 Å². The van der Waals surface area contributed by atoms with Gasteiger partial charge in [-0.15, -0.1) is 0 Å². The number of carboxylic acids is 1. The zero-order valence-electron chi connectivity index (χ0n) is 13.6. The van der Waals surface area contributed by atoms with Crippen LogP contribution in [0, 0.1) is 5.92 Å². The molecule has 1 aromatic carbocycles. The van der Waals surface area contributed by atoms with Gasteiger partial charge >= 0.3 is 5.97 Å². The second-order valence-corrected chi connectivity index (χ2v) is 7.07. The molecule has 0 aliphatic carbocycles. The lowest BCUT2D eigenvalue weighted by atomic mass is 9.92. The SMILES string of the molecule is CC(C(=O)Nc1ccc(Cl)cc1Cl)N1CCCC(CCC(=O)O)C1. The lowest BCUT2D eigenvalue weighted by molar-refractivity contribution is -0.137. The maximum absolute atomic E-state index is 12.5. The van der Waals surface area contributed by atoms with Gasteiger partial charge in [-0.1, -0.05) is 23.2 Å². The van der Waals surface area contributed by atoms with Gasteiger partial charge in [-0.2, -0.15) is 0 Å². The number of likely N-dealkylation sites (tertiary alicyclic amines) is 1. The smallest absolute Gasteiger partial charge is 0.303 e. The van der Waals surface area contributed by atoms with Crippen LogP contribution in [0.15, 0.2) is 18.2 Å². The summed E-state index contributed by atoms with van der Waals surface area (Å²) < 4.78 is 0. The Labute approximate surface area is 151 Å². The first-order chi connectivity index (χ1) is 11.4. The van der Waals surface area contributed by atoms with E-state index in [4.69, 9.17) is 28.3 Å². The highest BCUT2D eigenvalue weighted by atomic mass is 35.5. The average Bonchev–Trinajstić information content (AvgIpc) is 2.55. The third-order valence-corrected chi connectivity index (χ3v) is 4.98. The van der Waals surface area contributed by atoms with Crippen molar-refractivity contribution < 1.29 is 14.7 Å². The third kappa shape index (κ3) is 5.36. The molecule has 1 aliphatic heterocycles. The Hall–Kier alpha value is -1.30. The van der Waals surface area contributed by atoms with Gasteiger partial charge < -0.3 is 10.4 Å². The molecule has 0 spiro atoms. The van der Waals surface area contributed by atoms with E-state index in [1.807, 2.05) is 6.92 Å². The van der Waals surface area contributed by atoms with Crippen molar-refractivity contribution in [2.45, 2.75) is 38.6 Å². The minimum atomic E-state index is -0.768. The molecular formula is C17H22Cl2N2O3. The number of nitrogens with zero attached hydrogens (tertiary/aromatic N) is 1. The number of rotatable bonds is 6. The number of amides is 1. The van der Waals surface area contributed by atoms with E-state index in [-0.39, 0.29) is 18.4 Å². The van der Waals surface area contributed by atoms with Crippen molar-refractivity contribution in [3.8, 4) is 0 Å². The molecule has 132 valence electrons. The summed E-state index contributed by atoms with van der Waals surface area (Å²) in [7, 11) is 0. The van der Waals surface area contributed by atoms with Crippen molar-refractivity contribution >= 4 is 40.8 Å². The molecule has 0 aromatic heterocycles. The van der Waals surface area contributed by atoms with E-state index >= 15 is 0 Å². The predicted molar refractivity (Wildman–Crippen MR) is 95.7 cm³/mol. The van der Waals surface area contributed by atoms with Crippen LogP contribution in [0.3, 0.4) is 0 Å². The van der Waals surface area contributed by atoms with E-state index in [1.165, 1.54) is 0 Å². The molecule has 5 nitrogen and oxygen atoms in total. The molecule has 1 aromatic rings. The number of hydrogen-bond acceptors (Lipinski definition) is 3. The maximum Gasteiger partial charge on any atom is 0.303 e. The van der Waals surface area contributed by atoms with Crippen molar-refractivity contribution in [1.29, 1.82) is 0 Å². The van der Waals surface area contributed by atoms with Gasteiger partial charge in [0, 0.05) is 18.0 Å². The quantitative estimate of drug-likeness (QED) is 0.794. The zero-order valence-corrected chi connectivity index (χ0v) is 15.1. The molecule has 2 rings (SSSR count). The van der Waals surface area contributed by atoms with Gasteiger partial charge in [0.15, 0.2) is 0 Å². The van der Waals surface area contributed by atoms with Gasteiger partial charge in [0.1, 0.15) is 0 Å². The Morgan fingerprint density at radius 1 is 1.42 bits per heavy atom. The first-order valence-corrected chi connectivity index (χ1v) is 8.84. The fourth-order valence-electron chi connectivity index (χ4n) is 3.01. The van der Waals surface area contributed by atoms with Crippen molar-refractivity contribution in [3.63, 3.8) is 0 Å². The largest absolute Gasteiger partial charge is 0.481 e. The molecule has 1 fully saturated rings. The number of carbonyl (C=O) groups is 2. The number of halogens is 2. The highest BCUT2D eigenvalue weighted by Crippen LogP contribution is 2.27. The second kappa shape index (κ2) is 8.70. The number of anilines is 1. The summed E-state index contributed by atoms with van der Waals surface area (Å²) in [4.78, 5) is 25.3. The standard InChI is InChI=1S/C17H22Cl2N2O3/c1-11(17(24)20-15-6-5-13(18)9-14(15)19)21-8-2-3-12(10-21)4-7-16(22)23/h5-6,9,11-12H,2-4,7-8,10H2,1H3,(H,20,24)(H,22,23). The van der Waals surface area contributed by atoms with E-state index in [2.05, 4.69) is 10.2 Å². The van der Waals surface area contributed by atoms with Crippen molar-refractivity contribution in [1.82, 2.24) is 4.90 Å². The molecule has 1 heterocycles. The highest BCUT2D eigenvalue weighted by molar-refractivity contribution is 6.36. The number of carbonyl (C=O) groups excluding carboxylic acids is 1. The van der Waals surface area contributed by atoms with E-state index in [0.717, 1.165) is 25.9 Å². The van der Waals surface area contributed by atoms with E-state index in [0.29, 0.717) is 28.1 Å². The molecule has 1 saturated heterocycles. The molecule has 2 N–H and O–H groups in total. The average molecular weight is 373 g/mol. The van der Waals surface area contributed by atoms with Crippen LogP contribution >= 0.6 is 23.2 Å². The molecule has 2 unspecified atom stereocenters. The molecule has 0 bridgehead atoms. The Balaban J connectivity index is 1.93. The molecule has 0 radical (unpaired) electrons. The lowest BCUT2D eigenvalue weighted by Crippen LogP contribution is -2.47. The lowest BCUT2D eigenvalue weighted by Gasteiger charge is -2.36. The second-order valence-electron chi connectivity index (χ2n) is 6.22. The monoisotopic (exact) mass is 372 g/mol. The van der Waals surface area contributed by atoms with Gasteiger partial charge in [-0.05, 0) is 56.8 Å². The predicted octanol–water partition coefficient (Wildman–Crippen LogP) is 3.90. The van der Waals surface area contributed by atoms with Crippen LogP contribution in [0.2, 0.25) is 10.0 Å². The van der Waals surface area contributed by atoms with E-state index < -0.39 is 5.97 Å². The van der Waals surface area contributed by atoms with Gasteiger partial charge in [-0.25, -0.2) is 0 Å². The number of benzene rings is 1. The summed E-state index contributed by atoms with van der Waals surface area (Å²) >= 11 is 11.9. The molecule has 1 amide bonds. The normalized spacial score (nSPS) is 19.7. The van der Waals surface area contributed by atoms with Crippen LogP contribution in [0.4, 0.5) is 5.69 Å². The number of piperidine rings is 1. The first kappa shape index (κ1) is 19.0. The summed E-state index contributed by atoms with van der Waals surface area (Å²) in [5.74, 6) is -0.572. The topological polar surface area (TPSA) is 69.6 Å². The highest BCUT2D eigenvalue weighted by Gasteiger charge is 2.27. The van der Waals surface area contributed by atoms with E-state index in [1.54, 1.807) is 18.2 Å². The zero-order chi connectivity index (χ0) is 17.7. The Morgan fingerprint density at radius 2 is 2.17 bits per heavy atom. The summed E-state index contributed by atoms with van der Waals surface area (Å²) in [6, 6.07) is 4.65. The Kier molecular flexibility index (Phi) is 6.90. The van der Waals surface area contributed by atoms with Gasteiger partial charge in [0.05, 0.1) is 16.8 Å². The summed E-state index contributed by atoms with van der Waals surface area (Å²) in [5, 5.41) is 12.6. The summed E-state index contributed by atoms with van der Waals surface area (Å²) in [5.41, 5.74) is 0.539. The first-order valence-electron chi connectivity index (χ1n) is 8.08. The van der Waals surface area contributed by atoms with Crippen LogP contribution < -0.4 is 5.32 Å². The molecule has 24 heavy (non-hydrogen) atoms. The van der Waals surface area contributed by atoms with E-state index in [9.17, 15) is 9.59 Å². The molecular weight excluding hydrogens is 351 g/mol. The molecule has 0 saturated carbocycles. The van der Waals surface area contributed by atoms with Crippen LogP contribution in [0.25, 0.3) is 0 Å². The van der Waals surface area contributed by atoms with Gasteiger partial charge in [-0.3, -0.25) is 14.5 Å². The maximum atomic E-state index is 12.5. The minimum Gasteiger partial charge on any atom is -0.481 e. The number of hydrogen-bond donors (Lipinski definition) is 2. The fourth-order valence-corrected chi connectivity index (χ4v) is 3.46. The Bertz CT molecular complexity index is 609.